The zero-order valence-electron chi connectivity index (χ0n) is 8.39. The SMILES string of the molecule is C=CCO[C@@H]1O[C@H](C(=O)O)[C@@H](O)[C@H](O)[C@H]1O. The molecule has 0 aliphatic carbocycles. The first-order valence-corrected chi connectivity index (χ1v) is 4.64. The average molecular weight is 234 g/mol. The van der Waals surface area contributed by atoms with Crippen molar-refractivity contribution < 1.29 is 34.7 Å². The zero-order chi connectivity index (χ0) is 12.3. The summed E-state index contributed by atoms with van der Waals surface area (Å²) >= 11 is 0. The molecule has 1 fully saturated rings. The van der Waals surface area contributed by atoms with Gasteiger partial charge in [-0.15, -0.1) is 6.58 Å². The second kappa shape index (κ2) is 5.37. The van der Waals surface area contributed by atoms with Crippen molar-refractivity contribution in [1.82, 2.24) is 0 Å². The Morgan fingerprint density at radius 2 is 1.94 bits per heavy atom. The van der Waals surface area contributed by atoms with Crippen molar-refractivity contribution in [3.05, 3.63) is 12.7 Å². The van der Waals surface area contributed by atoms with Crippen molar-refractivity contribution in [2.45, 2.75) is 30.7 Å². The van der Waals surface area contributed by atoms with Crippen LogP contribution in [0.15, 0.2) is 12.7 Å². The summed E-state index contributed by atoms with van der Waals surface area (Å²) in [6.45, 7) is 3.39. The molecular formula is C9H14O7. The van der Waals surface area contributed by atoms with Gasteiger partial charge in [0.25, 0.3) is 0 Å². The molecule has 92 valence electrons. The molecule has 1 aliphatic rings. The number of rotatable bonds is 4. The minimum absolute atomic E-state index is 0.0247. The summed E-state index contributed by atoms with van der Waals surface area (Å²) in [7, 11) is 0. The number of aliphatic hydroxyl groups excluding tert-OH is 3. The summed E-state index contributed by atoms with van der Waals surface area (Å²) in [5, 5.41) is 36.9. The van der Waals surface area contributed by atoms with Crippen LogP contribution in [0.1, 0.15) is 0 Å². The van der Waals surface area contributed by atoms with Crippen molar-refractivity contribution in [2.75, 3.05) is 6.61 Å². The van der Waals surface area contributed by atoms with Crippen LogP contribution in [-0.4, -0.2) is 63.7 Å². The lowest BCUT2D eigenvalue weighted by atomic mass is 9.99. The number of hydrogen-bond acceptors (Lipinski definition) is 6. The molecule has 5 atom stereocenters. The number of carbonyl (C=O) groups is 1. The van der Waals surface area contributed by atoms with Gasteiger partial charge in [0.1, 0.15) is 18.3 Å². The van der Waals surface area contributed by atoms with Gasteiger partial charge >= 0.3 is 5.97 Å². The molecule has 7 nitrogen and oxygen atoms in total. The van der Waals surface area contributed by atoms with Gasteiger partial charge in [-0.1, -0.05) is 6.08 Å². The zero-order valence-corrected chi connectivity index (χ0v) is 8.39. The molecule has 0 aromatic heterocycles. The van der Waals surface area contributed by atoms with Gasteiger partial charge in [0.15, 0.2) is 12.4 Å². The van der Waals surface area contributed by atoms with Gasteiger partial charge in [0, 0.05) is 0 Å². The third-order valence-electron chi connectivity index (χ3n) is 2.19. The van der Waals surface area contributed by atoms with E-state index in [-0.39, 0.29) is 6.61 Å². The largest absolute Gasteiger partial charge is 0.479 e. The lowest BCUT2D eigenvalue weighted by Gasteiger charge is -2.38. The second-order valence-electron chi connectivity index (χ2n) is 3.36. The molecule has 0 saturated carbocycles. The first kappa shape index (κ1) is 13.1. The van der Waals surface area contributed by atoms with E-state index in [0.29, 0.717) is 0 Å². The fraction of sp³-hybridized carbons (Fsp3) is 0.667. The maximum absolute atomic E-state index is 10.7. The predicted octanol–water partition coefficient (Wildman–Crippen LogP) is -1.92. The molecule has 0 amide bonds. The van der Waals surface area contributed by atoms with Crippen LogP contribution in [-0.2, 0) is 14.3 Å². The third kappa shape index (κ3) is 2.57. The summed E-state index contributed by atoms with van der Waals surface area (Å²) in [5.74, 6) is -1.44. The van der Waals surface area contributed by atoms with Gasteiger partial charge in [0.05, 0.1) is 6.61 Å². The highest BCUT2D eigenvalue weighted by atomic mass is 16.7. The Hall–Kier alpha value is -0.990. The fourth-order valence-corrected chi connectivity index (χ4v) is 1.35. The van der Waals surface area contributed by atoms with Gasteiger partial charge in [0.2, 0.25) is 0 Å². The van der Waals surface area contributed by atoms with E-state index in [0.717, 1.165) is 0 Å². The summed E-state index contributed by atoms with van der Waals surface area (Å²) in [4.78, 5) is 10.7. The molecule has 1 heterocycles. The Balaban J connectivity index is 2.72. The minimum atomic E-state index is -1.70. The normalized spacial score (nSPS) is 39.3. The summed E-state index contributed by atoms with van der Waals surface area (Å²) in [6.07, 6.45) is -6.40. The molecule has 1 saturated heterocycles. The molecule has 4 N–H and O–H groups in total. The molecule has 0 unspecified atom stereocenters. The highest BCUT2D eigenvalue weighted by Gasteiger charge is 2.47. The van der Waals surface area contributed by atoms with Crippen LogP contribution in [0, 0.1) is 0 Å². The second-order valence-corrected chi connectivity index (χ2v) is 3.36. The molecule has 1 aliphatic heterocycles. The molecule has 0 aromatic carbocycles. The molecule has 0 spiro atoms. The summed E-state index contributed by atoms with van der Waals surface area (Å²) < 4.78 is 9.73. The van der Waals surface area contributed by atoms with Gasteiger partial charge in [-0.05, 0) is 0 Å². The van der Waals surface area contributed by atoms with Gasteiger partial charge in [-0.2, -0.15) is 0 Å². The smallest absolute Gasteiger partial charge is 0.335 e. The lowest BCUT2D eigenvalue weighted by Crippen LogP contribution is -2.60. The first-order chi connectivity index (χ1) is 7.49. The lowest BCUT2D eigenvalue weighted by molar-refractivity contribution is -0.291. The quantitative estimate of drug-likeness (QED) is 0.419. The van der Waals surface area contributed by atoms with E-state index >= 15 is 0 Å². The Kier molecular flexibility index (Phi) is 4.39. The Morgan fingerprint density at radius 3 is 2.44 bits per heavy atom. The Morgan fingerprint density at radius 1 is 1.31 bits per heavy atom. The Bertz CT molecular complexity index is 267. The highest BCUT2D eigenvalue weighted by molar-refractivity contribution is 5.73. The monoisotopic (exact) mass is 234 g/mol. The van der Waals surface area contributed by atoms with E-state index in [1.165, 1.54) is 6.08 Å². The molecule has 1 rings (SSSR count). The van der Waals surface area contributed by atoms with Crippen LogP contribution in [0.3, 0.4) is 0 Å². The van der Waals surface area contributed by atoms with Crippen molar-refractivity contribution in [2.24, 2.45) is 0 Å². The topological polar surface area (TPSA) is 116 Å². The van der Waals surface area contributed by atoms with Crippen LogP contribution < -0.4 is 0 Å². The number of aliphatic carboxylic acids is 1. The van der Waals surface area contributed by atoms with Gasteiger partial charge in [-0.3, -0.25) is 0 Å². The standard InChI is InChI=1S/C9H14O7/c1-2-3-15-9-6(12)4(10)5(11)7(16-9)8(13)14/h2,4-7,9-12H,1,3H2,(H,13,14)/t4-,5-,6+,7-,9+/m0/s1. The van der Waals surface area contributed by atoms with Crippen molar-refractivity contribution in [3.8, 4) is 0 Å². The number of hydrogen-bond donors (Lipinski definition) is 4. The molecule has 16 heavy (non-hydrogen) atoms. The van der Waals surface area contributed by atoms with E-state index < -0.39 is 36.7 Å². The van der Waals surface area contributed by atoms with Crippen molar-refractivity contribution in [1.29, 1.82) is 0 Å². The van der Waals surface area contributed by atoms with E-state index in [1.807, 2.05) is 0 Å². The van der Waals surface area contributed by atoms with Crippen LogP contribution in [0.2, 0.25) is 0 Å². The van der Waals surface area contributed by atoms with Crippen LogP contribution in [0.4, 0.5) is 0 Å². The summed E-state index contributed by atoms with van der Waals surface area (Å²) in [5.41, 5.74) is 0. The predicted molar refractivity (Wildman–Crippen MR) is 50.5 cm³/mol. The molecule has 0 aromatic rings. The number of carboxylic acids is 1. The van der Waals surface area contributed by atoms with E-state index in [1.54, 1.807) is 0 Å². The van der Waals surface area contributed by atoms with Gasteiger partial charge < -0.3 is 29.9 Å². The van der Waals surface area contributed by atoms with Crippen LogP contribution in [0.5, 0.6) is 0 Å². The molecule has 0 bridgehead atoms. The maximum atomic E-state index is 10.7. The maximum Gasteiger partial charge on any atom is 0.335 e. The van der Waals surface area contributed by atoms with Crippen LogP contribution in [0.25, 0.3) is 0 Å². The highest BCUT2D eigenvalue weighted by Crippen LogP contribution is 2.22. The minimum Gasteiger partial charge on any atom is -0.479 e. The number of ether oxygens (including phenoxy) is 2. The Labute approximate surface area is 91.5 Å². The third-order valence-corrected chi connectivity index (χ3v) is 2.19. The van der Waals surface area contributed by atoms with Crippen molar-refractivity contribution in [3.63, 3.8) is 0 Å². The molecule has 0 radical (unpaired) electrons. The molecular weight excluding hydrogens is 220 g/mol. The first-order valence-electron chi connectivity index (χ1n) is 4.64. The number of carboxylic acid groups (broad SMARTS) is 1. The van der Waals surface area contributed by atoms with E-state index in [9.17, 15) is 20.1 Å². The average Bonchev–Trinajstić information content (AvgIpc) is 2.24. The van der Waals surface area contributed by atoms with Crippen LogP contribution >= 0.6 is 0 Å². The molecule has 7 heteroatoms. The summed E-state index contributed by atoms with van der Waals surface area (Å²) in [6, 6.07) is 0. The van der Waals surface area contributed by atoms with Crippen molar-refractivity contribution >= 4 is 5.97 Å². The fourth-order valence-electron chi connectivity index (χ4n) is 1.35. The van der Waals surface area contributed by atoms with Gasteiger partial charge in [-0.25, -0.2) is 4.79 Å². The number of aliphatic hydroxyl groups is 3. The van der Waals surface area contributed by atoms with E-state index in [4.69, 9.17) is 14.6 Å². The van der Waals surface area contributed by atoms with E-state index in [2.05, 4.69) is 6.58 Å².